The molecule has 1 aromatic rings. The van der Waals surface area contributed by atoms with Crippen molar-refractivity contribution in [2.75, 3.05) is 13.7 Å². The number of ether oxygens (including phenoxy) is 2. The van der Waals surface area contributed by atoms with E-state index in [2.05, 4.69) is 0 Å². The van der Waals surface area contributed by atoms with Crippen molar-refractivity contribution in [2.45, 2.75) is 65.7 Å². The van der Waals surface area contributed by atoms with Crippen LogP contribution in [0.15, 0.2) is 12.1 Å². The predicted molar refractivity (Wildman–Crippen MR) is 101 cm³/mol. The number of hydrogen-bond acceptors (Lipinski definition) is 5. The summed E-state index contributed by atoms with van der Waals surface area (Å²) >= 11 is 0. The summed E-state index contributed by atoms with van der Waals surface area (Å²) in [4.78, 5) is 24.3. The van der Waals surface area contributed by atoms with Crippen LogP contribution in [0, 0.1) is 5.92 Å². The maximum Gasteiger partial charge on any atom is 0.320 e. The summed E-state index contributed by atoms with van der Waals surface area (Å²) in [7, 11) is 1.26. The van der Waals surface area contributed by atoms with Gasteiger partial charge < -0.3 is 14.6 Å². The summed E-state index contributed by atoms with van der Waals surface area (Å²) in [5.41, 5.74) is 1.79. The molecule has 0 aliphatic carbocycles. The minimum atomic E-state index is -1.02. The van der Waals surface area contributed by atoms with Crippen molar-refractivity contribution in [1.82, 2.24) is 0 Å². The van der Waals surface area contributed by atoms with E-state index in [0.717, 1.165) is 16.7 Å². The van der Waals surface area contributed by atoms with Gasteiger partial charge in [-0.3, -0.25) is 9.59 Å². The SMILES string of the molecule is CCOC(=O)C(Cc1cc(C(C)(C)C)c(O)c(C(C)(C)C)c1)C(=O)OC. The van der Waals surface area contributed by atoms with E-state index in [1.54, 1.807) is 6.92 Å². The summed E-state index contributed by atoms with van der Waals surface area (Å²) in [6, 6.07) is 3.72. The van der Waals surface area contributed by atoms with Crippen LogP contribution < -0.4 is 0 Å². The Balaban J connectivity index is 3.46. The van der Waals surface area contributed by atoms with Crippen LogP contribution >= 0.6 is 0 Å². The van der Waals surface area contributed by atoms with Gasteiger partial charge in [-0.1, -0.05) is 53.7 Å². The monoisotopic (exact) mass is 364 g/mol. The highest BCUT2D eigenvalue weighted by Gasteiger charge is 2.32. The standard InChI is InChI=1S/C21H32O5/c1-9-26-19(24)14(18(23)25-8)10-13-11-15(20(2,3)4)17(22)16(12-13)21(5,6)7/h11-12,14,22H,9-10H2,1-8H3. The van der Waals surface area contributed by atoms with Crippen LogP contribution in [0.5, 0.6) is 5.75 Å². The molecule has 0 aliphatic rings. The van der Waals surface area contributed by atoms with Gasteiger partial charge in [0.15, 0.2) is 5.92 Å². The van der Waals surface area contributed by atoms with Crippen LogP contribution in [0.1, 0.15) is 65.2 Å². The minimum Gasteiger partial charge on any atom is -0.507 e. The molecule has 0 aliphatic heterocycles. The number of methoxy groups -OCH3 is 1. The highest BCUT2D eigenvalue weighted by atomic mass is 16.5. The zero-order chi connectivity index (χ0) is 20.3. The van der Waals surface area contributed by atoms with E-state index in [4.69, 9.17) is 9.47 Å². The van der Waals surface area contributed by atoms with Gasteiger partial charge in [-0.15, -0.1) is 0 Å². The Morgan fingerprint density at radius 1 is 1.00 bits per heavy atom. The lowest BCUT2D eigenvalue weighted by Gasteiger charge is -2.28. The molecule has 0 spiro atoms. The number of carbonyl (C=O) groups excluding carboxylic acids is 2. The third-order valence-corrected chi connectivity index (χ3v) is 4.28. The molecule has 1 aromatic carbocycles. The maximum atomic E-state index is 12.2. The van der Waals surface area contributed by atoms with E-state index in [9.17, 15) is 14.7 Å². The summed E-state index contributed by atoms with van der Waals surface area (Å²) in [6.07, 6.45) is 0.165. The molecule has 1 atom stereocenters. The van der Waals surface area contributed by atoms with Crippen LogP contribution in [0.2, 0.25) is 0 Å². The molecule has 1 N–H and O–H groups in total. The third-order valence-electron chi connectivity index (χ3n) is 4.28. The first-order valence-corrected chi connectivity index (χ1v) is 8.94. The maximum absolute atomic E-state index is 12.2. The van der Waals surface area contributed by atoms with Crippen molar-refractivity contribution in [3.8, 4) is 5.75 Å². The lowest BCUT2D eigenvalue weighted by Crippen LogP contribution is -2.29. The van der Waals surface area contributed by atoms with Crippen molar-refractivity contribution in [2.24, 2.45) is 5.92 Å². The van der Waals surface area contributed by atoms with Gasteiger partial charge in [0.1, 0.15) is 5.75 Å². The van der Waals surface area contributed by atoms with Crippen LogP contribution in [0.4, 0.5) is 0 Å². The molecule has 5 heteroatoms. The predicted octanol–water partition coefficient (Wildman–Crippen LogP) is 3.88. The number of carbonyl (C=O) groups is 2. The second-order valence-corrected chi connectivity index (χ2v) is 8.57. The Hall–Kier alpha value is -2.04. The van der Waals surface area contributed by atoms with E-state index >= 15 is 0 Å². The Labute approximate surface area is 156 Å². The van der Waals surface area contributed by atoms with Crippen LogP contribution in [-0.4, -0.2) is 30.8 Å². The van der Waals surface area contributed by atoms with Gasteiger partial charge >= 0.3 is 11.9 Å². The highest BCUT2D eigenvalue weighted by molar-refractivity contribution is 5.95. The van der Waals surface area contributed by atoms with Gasteiger partial charge in [-0.25, -0.2) is 0 Å². The molecule has 1 unspecified atom stereocenters. The highest BCUT2D eigenvalue weighted by Crippen LogP contribution is 2.40. The van der Waals surface area contributed by atoms with Gasteiger partial charge in [0.05, 0.1) is 13.7 Å². The third kappa shape index (κ3) is 5.23. The average Bonchev–Trinajstić information content (AvgIpc) is 2.50. The normalized spacial score (nSPS) is 13.2. The molecule has 0 saturated heterocycles. The second kappa shape index (κ2) is 8.11. The molecule has 1 rings (SSSR count). The quantitative estimate of drug-likeness (QED) is 0.634. The molecule has 0 aromatic heterocycles. The summed E-state index contributed by atoms with van der Waals surface area (Å²) in [5.74, 6) is -1.97. The zero-order valence-corrected chi connectivity index (χ0v) is 17.2. The van der Waals surface area contributed by atoms with Crippen molar-refractivity contribution in [3.63, 3.8) is 0 Å². The topological polar surface area (TPSA) is 72.8 Å². The van der Waals surface area contributed by atoms with Gasteiger partial charge in [-0.05, 0) is 40.9 Å². The van der Waals surface area contributed by atoms with Crippen LogP contribution in [0.25, 0.3) is 0 Å². The Kier molecular flexibility index (Phi) is 6.86. The first-order chi connectivity index (χ1) is 11.8. The van der Waals surface area contributed by atoms with Crippen LogP contribution in [0.3, 0.4) is 0 Å². The molecule has 146 valence electrons. The van der Waals surface area contributed by atoms with Gasteiger partial charge in [0.2, 0.25) is 0 Å². The molecule has 0 radical (unpaired) electrons. The lowest BCUT2D eigenvalue weighted by molar-refractivity contribution is -0.160. The minimum absolute atomic E-state index is 0.165. The number of hydrogen-bond donors (Lipinski definition) is 1. The van der Waals surface area contributed by atoms with Crippen molar-refractivity contribution in [3.05, 3.63) is 28.8 Å². The number of benzene rings is 1. The number of phenolic OH excluding ortho intramolecular Hbond substituents is 1. The van der Waals surface area contributed by atoms with Crippen LogP contribution in [-0.2, 0) is 36.3 Å². The Morgan fingerprint density at radius 2 is 1.46 bits per heavy atom. The van der Waals surface area contributed by atoms with E-state index in [1.807, 2.05) is 53.7 Å². The fourth-order valence-electron chi connectivity index (χ4n) is 2.84. The van der Waals surface area contributed by atoms with Crippen molar-refractivity contribution in [1.29, 1.82) is 0 Å². The molecule has 0 amide bonds. The second-order valence-electron chi connectivity index (χ2n) is 8.57. The number of esters is 2. The summed E-state index contributed by atoms with van der Waals surface area (Å²) in [6.45, 7) is 14.0. The first kappa shape index (κ1) is 22.0. The van der Waals surface area contributed by atoms with Crippen molar-refractivity contribution < 1.29 is 24.2 Å². The van der Waals surface area contributed by atoms with E-state index in [0.29, 0.717) is 0 Å². The molecule has 5 nitrogen and oxygen atoms in total. The summed E-state index contributed by atoms with van der Waals surface area (Å²) < 4.78 is 9.81. The number of rotatable bonds is 5. The zero-order valence-electron chi connectivity index (χ0n) is 17.2. The molecule has 0 fully saturated rings. The molecule has 26 heavy (non-hydrogen) atoms. The van der Waals surface area contributed by atoms with E-state index < -0.39 is 17.9 Å². The molecule has 0 heterocycles. The first-order valence-electron chi connectivity index (χ1n) is 8.94. The smallest absolute Gasteiger partial charge is 0.320 e. The average molecular weight is 364 g/mol. The lowest BCUT2D eigenvalue weighted by atomic mass is 9.77. The number of phenols is 1. The molecular formula is C21H32O5. The van der Waals surface area contributed by atoms with Gasteiger partial charge in [-0.2, -0.15) is 0 Å². The fourth-order valence-corrected chi connectivity index (χ4v) is 2.84. The Bertz CT molecular complexity index is 627. The largest absolute Gasteiger partial charge is 0.507 e. The molecular weight excluding hydrogens is 332 g/mol. The number of aromatic hydroxyl groups is 1. The Morgan fingerprint density at radius 3 is 1.81 bits per heavy atom. The van der Waals surface area contributed by atoms with Gasteiger partial charge in [0, 0.05) is 0 Å². The van der Waals surface area contributed by atoms with E-state index in [1.165, 1.54) is 7.11 Å². The van der Waals surface area contributed by atoms with Gasteiger partial charge in [0.25, 0.3) is 0 Å². The molecule has 0 saturated carbocycles. The fraction of sp³-hybridized carbons (Fsp3) is 0.619. The van der Waals surface area contributed by atoms with E-state index in [-0.39, 0.29) is 29.6 Å². The summed E-state index contributed by atoms with van der Waals surface area (Å²) in [5, 5.41) is 10.8. The van der Waals surface area contributed by atoms with Crippen molar-refractivity contribution >= 4 is 11.9 Å². The molecule has 0 bridgehead atoms.